The summed E-state index contributed by atoms with van der Waals surface area (Å²) < 4.78 is 6.73. The van der Waals surface area contributed by atoms with E-state index in [-0.39, 0.29) is 0 Å². The number of rotatable bonds is 7. The average Bonchev–Trinajstić information content (AvgIpc) is 3.11. The molecule has 0 N–H and O–H groups in total. The second kappa shape index (κ2) is 10.8. The van der Waals surface area contributed by atoms with Crippen molar-refractivity contribution in [3.8, 4) is 0 Å². The summed E-state index contributed by atoms with van der Waals surface area (Å²) in [6.07, 6.45) is 8.85. The molecule has 0 saturated heterocycles. The Bertz CT molecular complexity index is 955. The molecule has 0 spiro atoms. The number of allylic oxidation sites excluding steroid dienone is 4. The van der Waals surface area contributed by atoms with Gasteiger partial charge in [0, 0.05) is 0 Å². The van der Waals surface area contributed by atoms with Gasteiger partial charge in [0.05, 0.1) is 0 Å². The molecule has 3 aromatic carbocycles. The molecule has 1 aliphatic rings. The number of hydrogen-bond donors (Lipinski definition) is 0. The number of ether oxygens (including phenoxy) is 1. The maximum absolute atomic E-state index is 6.73. The van der Waals surface area contributed by atoms with E-state index in [9.17, 15) is 0 Å². The molecule has 3 aromatic rings. The van der Waals surface area contributed by atoms with Crippen LogP contribution in [0, 0.1) is 0 Å². The van der Waals surface area contributed by atoms with Gasteiger partial charge in [-0.25, -0.2) is 0 Å². The van der Waals surface area contributed by atoms with E-state index in [1.165, 1.54) is 40.9 Å². The van der Waals surface area contributed by atoms with Crippen LogP contribution >= 0.6 is 7.26 Å². The molecule has 1 aliphatic carbocycles. The Morgan fingerprint density at radius 2 is 1.19 bits per heavy atom. The van der Waals surface area contributed by atoms with Gasteiger partial charge in [-0.05, 0) is 0 Å². The molecule has 0 saturated carbocycles. The van der Waals surface area contributed by atoms with Crippen molar-refractivity contribution >= 4 is 23.2 Å². The van der Waals surface area contributed by atoms with E-state index < -0.39 is 7.26 Å². The topological polar surface area (TPSA) is 9.23 Å². The molecule has 0 aliphatic heterocycles. The summed E-state index contributed by atoms with van der Waals surface area (Å²) in [5.41, 5.74) is 0. The minimum atomic E-state index is -2.48. The molecule has 0 fully saturated rings. The molecule has 0 amide bonds. The molecular weight excluding hydrogens is 407 g/mol. The summed E-state index contributed by atoms with van der Waals surface area (Å²) in [6, 6.07) is 33.7. The van der Waals surface area contributed by atoms with Crippen LogP contribution in [-0.2, 0) is 4.74 Å². The zero-order valence-corrected chi connectivity index (χ0v) is 20.4. The van der Waals surface area contributed by atoms with Gasteiger partial charge in [0.2, 0.25) is 0 Å². The van der Waals surface area contributed by atoms with Crippen LogP contribution in [0.5, 0.6) is 0 Å². The van der Waals surface area contributed by atoms with Crippen molar-refractivity contribution in [3.63, 3.8) is 0 Å². The fourth-order valence-electron chi connectivity index (χ4n) is 5.14. The first-order chi connectivity index (χ1) is 15.8. The summed E-state index contributed by atoms with van der Waals surface area (Å²) in [5, 5.41) is 5.86. The summed E-state index contributed by atoms with van der Waals surface area (Å²) in [6.45, 7) is 4.27. The van der Waals surface area contributed by atoms with Crippen molar-refractivity contribution in [1.82, 2.24) is 0 Å². The third kappa shape index (κ3) is 4.45. The summed E-state index contributed by atoms with van der Waals surface area (Å²) in [7, 11) is -2.48. The first-order valence-electron chi connectivity index (χ1n) is 12.0. The van der Waals surface area contributed by atoms with Crippen molar-refractivity contribution in [2.24, 2.45) is 0 Å². The zero-order chi connectivity index (χ0) is 22.2. The predicted molar refractivity (Wildman–Crippen MR) is 142 cm³/mol. The van der Waals surface area contributed by atoms with Crippen LogP contribution in [-0.4, -0.2) is 0 Å². The third-order valence-electron chi connectivity index (χ3n) is 6.67. The van der Waals surface area contributed by atoms with Gasteiger partial charge in [-0.15, -0.1) is 0 Å². The molecule has 0 bridgehead atoms. The molecular formula is C30H35OP. The van der Waals surface area contributed by atoms with Crippen LogP contribution in [0.4, 0.5) is 0 Å². The Hall–Kier alpha value is -2.63. The second-order valence-electron chi connectivity index (χ2n) is 8.52. The predicted octanol–water partition coefficient (Wildman–Crippen LogP) is 7.22. The Kier molecular flexibility index (Phi) is 7.61. The second-order valence-corrected chi connectivity index (χ2v) is 12.4. The van der Waals surface area contributed by atoms with Gasteiger partial charge in [-0.2, -0.15) is 0 Å². The van der Waals surface area contributed by atoms with Gasteiger partial charge < -0.3 is 0 Å². The van der Waals surface area contributed by atoms with Crippen LogP contribution in [0.25, 0.3) is 0 Å². The minimum absolute atomic E-state index is 0.920. The van der Waals surface area contributed by atoms with Gasteiger partial charge in [0.1, 0.15) is 0 Å². The molecule has 0 unspecified atom stereocenters. The van der Waals surface area contributed by atoms with Crippen molar-refractivity contribution in [2.45, 2.75) is 52.4 Å². The maximum atomic E-state index is 6.73. The molecule has 0 aromatic heterocycles. The van der Waals surface area contributed by atoms with Crippen molar-refractivity contribution in [1.29, 1.82) is 0 Å². The van der Waals surface area contributed by atoms with E-state index in [1.807, 2.05) is 0 Å². The van der Waals surface area contributed by atoms with Gasteiger partial charge in [0.15, 0.2) is 0 Å². The first-order valence-corrected chi connectivity index (χ1v) is 14.0. The van der Waals surface area contributed by atoms with Crippen LogP contribution in [0.15, 0.2) is 114 Å². The van der Waals surface area contributed by atoms with E-state index in [0.29, 0.717) is 0 Å². The first kappa shape index (κ1) is 22.6. The number of hydrogen-bond acceptors (Lipinski definition) is 1. The summed E-state index contributed by atoms with van der Waals surface area (Å²) in [5.74, 6) is 2.30. The molecule has 0 heterocycles. The SMILES string of the molecule is CC=C(CC)OC1=C([PH](c2ccccc2)(c2ccccc2)c2ccccc2)CCCCC1. The number of benzene rings is 3. The molecule has 0 atom stereocenters. The summed E-state index contributed by atoms with van der Waals surface area (Å²) in [4.78, 5) is 0. The molecule has 2 heteroatoms. The van der Waals surface area contributed by atoms with E-state index in [4.69, 9.17) is 4.74 Å². The van der Waals surface area contributed by atoms with Crippen molar-refractivity contribution < 1.29 is 4.74 Å². The zero-order valence-electron chi connectivity index (χ0n) is 19.4. The molecule has 0 radical (unpaired) electrons. The fourth-order valence-corrected chi connectivity index (χ4v) is 10.4. The van der Waals surface area contributed by atoms with Gasteiger partial charge in [-0.1, -0.05) is 0 Å². The quantitative estimate of drug-likeness (QED) is 0.277. The van der Waals surface area contributed by atoms with E-state index in [2.05, 4.69) is 111 Å². The monoisotopic (exact) mass is 442 g/mol. The Morgan fingerprint density at radius 3 is 1.62 bits per heavy atom. The third-order valence-corrected chi connectivity index (χ3v) is 11.7. The van der Waals surface area contributed by atoms with Gasteiger partial charge in [-0.3, -0.25) is 0 Å². The molecule has 32 heavy (non-hydrogen) atoms. The fraction of sp³-hybridized carbons (Fsp3) is 0.267. The summed E-state index contributed by atoms with van der Waals surface area (Å²) >= 11 is 0. The van der Waals surface area contributed by atoms with E-state index in [0.717, 1.165) is 25.0 Å². The van der Waals surface area contributed by atoms with Crippen LogP contribution in [0.2, 0.25) is 0 Å². The van der Waals surface area contributed by atoms with E-state index >= 15 is 0 Å². The molecule has 166 valence electrons. The van der Waals surface area contributed by atoms with E-state index in [1.54, 1.807) is 5.31 Å². The Morgan fingerprint density at radius 1 is 0.719 bits per heavy atom. The van der Waals surface area contributed by atoms with Crippen LogP contribution in [0.3, 0.4) is 0 Å². The van der Waals surface area contributed by atoms with Crippen molar-refractivity contribution in [3.05, 3.63) is 114 Å². The van der Waals surface area contributed by atoms with Gasteiger partial charge in [0.25, 0.3) is 0 Å². The van der Waals surface area contributed by atoms with Crippen LogP contribution < -0.4 is 15.9 Å². The van der Waals surface area contributed by atoms with Gasteiger partial charge >= 0.3 is 194 Å². The average molecular weight is 443 g/mol. The standard InChI is InChI=1S/C30H35OP/c1-3-25(4-2)31-29-23-15-8-16-24-30(29)32(26-17-9-5-10-18-26,27-19-11-6-12-20-27)28-21-13-7-14-22-28/h3,5-7,9-14,17-22,32H,4,8,15-16,23-24H2,1-2H3. The normalized spacial score (nSPS) is 15.9. The molecule has 1 nitrogen and oxygen atoms in total. The Labute approximate surface area is 194 Å². The van der Waals surface area contributed by atoms with Crippen LogP contribution in [0.1, 0.15) is 52.4 Å². The Balaban J connectivity index is 2.09. The molecule has 4 rings (SSSR count). The van der Waals surface area contributed by atoms with Crippen molar-refractivity contribution in [2.75, 3.05) is 0 Å².